The smallest absolute Gasteiger partial charge is 0.295 e. The molecule has 7 nitrogen and oxygen atoms in total. The highest BCUT2D eigenvalue weighted by Crippen LogP contribution is 2.38. The van der Waals surface area contributed by atoms with E-state index in [9.17, 15) is 24.8 Å². The number of nitrogens with zero attached hydrogens (tertiary/aromatic N) is 2. The van der Waals surface area contributed by atoms with Crippen LogP contribution in [0, 0.1) is 10.1 Å². The van der Waals surface area contributed by atoms with E-state index in [1.165, 1.54) is 36.2 Å². The number of amides is 1. The molecule has 0 spiro atoms. The number of halogens is 1. The summed E-state index contributed by atoms with van der Waals surface area (Å²) >= 11 is 3.29. The van der Waals surface area contributed by atoms with Crippen molar-refractivity contribution in [3.8, 4) is 0 Å². The molecule has 2 aromatic carbocycles. The molecule has 1 fully saturated rings. The molecule has 0 radical (unpaired) electrons. The second-order valence-electron chi connectivity index (χ2n) is 5.77. The van der Waals surface area contributed by atoms with Gasteiger partial charge in [-0.15, -0.1) is 0 Å². The topological polar surface area (TPSA) is 101 Å². The summed E-state index contributed by atoms with van der Waals surface area (Å²) in [6.07, 6.45) is 0. The van der Waals surface area contributed by atoms with Gasteiger partial charge in [-0.3, -0.25) is 19.7 Å². The van der Waals surface area contributed by atoms with Gasteiger partial charge in [-0.1, -0.05) is 28.1 Å². The summed E-state index contributed by atoms with van der Waals surface area (Å²) < 4.78 is 0.803. The van der Waals surface area contributed by atoms with Crippen LogP contribution < -0.4 is 0 Å². The van der Waals surface area contributed by atoms with Gasteiger partial charge in [-0.05, 0) is 29.8 Å². The number of hydrogen-bond acceptors (Lipinski definition) is 5. The number of hydrogen-bond donors (Lipinski definition) is 1. The normalized spacial score (nSPS) is 19.0. The van der Waals surface area contributed by atoms with Crippen LogP contribution in [-0.4, -0.2) is 33.7 Å². The second-order valence-corrected chi connectivity index (χ2v) is 6.68. The predicted molar refractivity (Wildman–Crippen MR) is 97.3 cm³/mol. The van der Waals surface area contributed by atoms with Crippen molar-refractivity contribution in [3.63, 3.8) is 0 Å². The van der Waals surface area contributed by atoms with Crippen LogP contribution in [0.25, 0.3) is 5.76 Å². The molecule has 0 saturated carbocycles. The molecule has 0 aliphatic carbocycles. The number of likely N-dealkylation sites (tertiary alicyclic amines) is 1. The molecule has 26 heavy (non-hydrogen) atoms. The second kappa shape index (κ2) is 6.72. The number of carbonyl (C=O) groups excluding carboxylic acids is 2. The third kappa shape index (κ3) is 2.99. The Morgan fingerprint density at radius 2 is 1.69 bits per heavy atom. The van der Waals surface area contributed by atoms with Crippen LogP contribution in [0.3, 0.4) is 0 Å². The molecule has 1 aliphatic rings. The largest absolute Gasteiger partial charge is 0.507 e. The fourth-order valence-corrected chi connectivity index (χ4v) is 3.14. The number of nitro groups is 1. The van der Waals surface area contributed by atoms with Gasteiger partial charge in [0.1, 0.15) is 5.76 Å². The Morgan fingerprint density at radius 3 is 2.23 bits per heavy atom. The van der Waals surface area contributed by atoms with Crippen molar-refractivity contribution < 1.29 is 19.6 Å². The van der Waals surface area contributed by atoms with Crippen LogP contribution in [0.15, 0.2) is 58.6 Å². The number of nitro benzene ring substituents is 1. The Labute approximate surface area is 156 Å². The molecular weight excluding hydrogens is 404 g/mol. The first-order valence-corrected chi connectivity index (χ1v) is 8.35. The third-order valence-corrected chi connectivity index (χ3v) is 4.74. The zero-order chi connectivity index (χ0) is 19.0. The van der Waals surface area contributed by atoms with E-state index in [1.807, 2.05) is 0 Å². The number of aliphatic hydroxyl groups is 1. The number of rotatable bonds is 3. The first kappa shape index (κ1) is 17.8. The maximum Gasteiger partial charge on any atom is 0.295 e. The molecule has 8 heteroatoms. The minimum Gasteiger partial charge on any atom is -0.507 e. The van der Waals surface area contributed by atoms with Gasteiger partial charge in [0.2, 0.25) is 0 Å². The van der Waals surface area contributed by atoms with Crippen LogP contribution in [0.2, 0.25) is 0 Å². The van der Waals surface area contributed by atoms with Crippen molar-refractivity contribution >= 4 is 39.1 Å². The lowest BCUT2D eigenvalue weighted by molar-refractivity contribution is -0.384. The molecule has 132 valence electrons. The molecule has 0 bridgehead atoms. The lowest BCUT2D eigenvalue weighted by Crippen LogP contribution is -2.24. The Morgan fingerprint density at radius 1 is 1.12 bits per heavy atom. The van der Waals surface area contributed by atoms with Gasteiger partial charge in [-0.2, -0.15) is 0 Å². The highest BCUT2D eigenvalue weighted by atomic mass is 79.9. The summed E-state index contributed by atoms with van der Waals surface area (Å²) in [7, 11) is 1.45. The average Bonchev–Trinajstić information content (AvgIpc) is 2.86. The molecule has 0 aromatic heterocycles. The molecule has 1 aliphatic heterocycles. The minimum atomic E-state index is -0.820. The van der Waals surface area contributed by atoms with Gasteiger partial charge >= 0.3 is 0 Å². The molecule has 1 heterocycles. The number of ketones is 1. The Bertz CT molecular complexity index is 935. The first-order valence-electron chi connectivity index (χ1n) is 7.56. The standard InChI is InChI=1S/C18H13BrN2O5/c1-20-15(10-4-8-13(9-5-10)21(25)26)14(17(23)18(20)24)16(22)11-2-6-12(19)7-3-11/h2-9,15,22H,1H3/b16-14+/t15-/m0/s1. The Kier molecular flexibility index (Phi) is 4.60. The summed E-state index contributed by atoms with van der Waals surface area (Å²) in [6, 6.07) is 11.4. The lowest BCUT2D eigenvalue weighted by atomic mass is 9.95. The zero-order valence-corrected chi connectivity index (χ0v) is 15.1. The molecule has 1 atom stereocenters. The van der Waals surface area contributed by atoms with E-state index >= 15 is 0 Å². The highest BCUT2D eigenvalue weighted by molar-refractivity contribution is 9.10. The maximum atomic E-state index is 12.4. The van der Waals surface area contributed by atoms with E-state index in [0.29, 0.717) is 11.1 Å². The molecular formula is C18H13BrN2O5. The third-order valence-electron chi connectivity index (χ3n) is 4.21. The van der Waals surface area contributed by atoms with E-state index < -0.39 is 22.7 Å². The van der Waals surface area contributed by atoms with Crippen LogP contribution in [0.1, 0.15) is 17.2 Å². The summed E-state index contributed by atoms with van der Waals surface area (Å²) in [5.41, 5.74) is 0.742. The predicted octanol–water partition coefficient (Wildman–Crippen LogP) is 3.41. The van der Waals surface area contributed by atoms with Crippen LogP contribution in [0.4, 0.5) is 5.69 Å². The van der Waals surface area contributed by atoms with E-state index in [1.54, 1.807) is 24.3 Å². The van der Waals surface area contributed by atoms with Crippen molar-refractivity contribution in [1.82, 2.24) is 4.90 Å². The van der Waals surface area contributed by atoms with E-state index in [4.69, 9.17) is 0 Å². The van der Waals surface area contributed by atoms with Crippen LogP contribution in [-0.2, 0) is 9.59 Å². The van der Waals surface area contributed by atoms with Crippen molar-refractivity contribution in [3.05, 3.63) is 79.8 Å². The fourth-order valence-electron chi connectivity index (χ4n) is 2.88. The van der Waals surface area contributed by atoms with Crippen LogP contribution >= 0.6 is 15.9 Å². The minimum absolute atomic E-state index is 0.0475. The van der Waals surface area contributed by atoms with Crippen molar-refractivity contribution in [2.75, 3.05) is 7.05 Å². The molecule has 1 N–H and O–H groups in total. The molecule has 0 unspecified atom stereocenters. The maximum absolute atomic E-state index is 12.4. The van der Waals surface area contributed by atoms with Crippen molar-refractivity contribution in [2.45, 2.75) is 6.04 Å². The molecule has 3 rings (SSSR count). The number of likely N-dealkylation sites (N-methyl/N-ethyl adjacent to an activating group) is 1. The highest BCUT2D eigenvalue weighted by Gasteiger charge is 2.44. The van der Waals surface area contributed by atoms with Gasteiger partial charge in [0.15, 0.2) is 0 Å². The van der Waals surface area contributed by atoms with Crippen molar-refractivity contribution in [2.24, 2.45) is 0 Å². The quantitative estimate of drug-likeness (QED) is 0.271. The number of benzene rings is 2. The molecule has 1 amide bonds. The van der Waals surface area contributed by atoms with Gasteiger partial charge in [0, 0.05) is 29.2 Å². The fraction of sp³-hybridized carbons (Fsp3) is 0.111. The summed E-state index contributed by atoms with van der Waals surface area (Å²) in [5.74, 6) is -1.83. The van der Waals surface area contributed by atoms with E-state index in [-0.39, 0.29) is 17.0 Å². The Hall–Kier alpha value is -3.00. The zero-order valence-electron chi connectivity index (χ0n) is 13.5. The SMILES string of the molecule is CN1C(=O)C(=O)/C(=C(/O)c2ccc(Br)cc2)[C@@H]1c1ccc([N+](=O)[O-])cc1. The monoisotopic (exact) mass is 416 g/mol. The number of Topliss-reactive ketones (excluding diaryl/α,β-unsaturated/α-hetero) is 1. The number of carbonyl (C=O) groups is 2. The van der Waals surface area contributed by atoms with Crippen LogP contribution in [0.5, 0.6) is 0 Å². The van der Waals surface area contributed by atoms with Gasteiger partial charge in [0.25, 0.3) is 17.4 Å². The Balaban J connectivity index is 2.13. The summed E-state index contributed by atoms with van der Waals surface area (Å²) in [5, 5.41) is 21.5. The summed E-state index contributed by atoms with van der Waals surface area (Å²) in [4.78, 5) is 36.1. The van der Waals surface area contributed by atoms with Gasteiger partial charge < -0.3 is 10.0 Å². The van der Waals surface area contributed by atoms with E-state index in [2.05, 4.69) is 15.9 Å². The van der Waals surface area contributed by atoms with E-state index in [0.717, 1.165) is 4.47 Å². The van der Waals surface area contributed by atoms with Crippen molar-refractivity contribution in [1.29, 1.82) is 0 Å². The molecule has 2 aromatic rings. The molecule has 1 saturated heterocycles. The lowest BCUT2D eigenvalue weighted by Gasteiger charge is -2.20. The average molecular weight is 417 g/mol. The number of non-ortho nitro benzene ring substituents is 1. The van der Waals surface area contributed by atoms with Gasteiger partial charge in [0.05, 0.1) is 16.5 Å². The summed E-state index contributed by atoms with van der Waals surface area (Å²) in [6.45, 7) is 0. The first-order chi connectivity index (χ1) is 12.3. The van der Waals surface area contributed by atoms with Gasteiger partial charge in [-0.25, -0.2) is 0 Å². The number of aliphatic hydroxyl groups excluding tert-OH is 1.